The molecule has 122 valence electrons. The van der Waals surface area contributed by atoms with Gasteiger partial charge in [-0.2, -0.15) is 0 Å². The third kappa shape index (κ3) is 3.61. The summed E-state index contributed by atoms with van der Waals surface area (Å²) in [6, 6.07) is 3.14. The average Bonchev–Trinajstić information content (AvgIpc) is 2.42. The van der Waals surface area contributed by atoms with Gasteiger partial charge in [0.05, 0.1) is 11.7 Å². The van der Waals surface area contributed by atoms with E-state index in [1.165, 1.54) is 0 Å². The van der Waals surface area contributed by atoms with Crippen molar-refractivity contribution in [1.29, 1.82) is 0 Å². The molecule has 0 amide bonds. The van der Waals surface area contributed by atoms with E-state index in [4.69, 9.17) is 5.11 Å². The second-order valence-corrected chi connectivity index (χ2v) is 7.62. The van der Waals surface area contributed by atoms with Crippen LogP contribution in [0.1, 0.15) is 18.9 Å². The van der Waals surface area contributed by atoms with Gasteiger partial charge in [0.15, 0.2) is 0 Å². The summed E-state index contributed by atoms with van der Waals surface area (Å²) in [6.45, 7) is 1.74. The number of hydrogen-bond acceptors (Lipinski definition) is 3. The van der Waals surface area contributed by atoms with Crippen molar-refractivity contribution in [2.45, 2.75) is 19.1 Å². The number of halogens is 2. The Morgan fingerprint density at radius 3 is 2.45 bits per heavy atom. The topological polar surface area (TPSA) is 74.7 Å². The number of carboxylic acid groups (broad SMARTS) is 1. The molecule has 8 heteroatoms. The van der Waals surface area contributed by atoms with Gasteiger partial charge in [0, 0.05) is 18.7 Å². The van der Waals surface area contributed by atoms with Crippen LogP contribution in [-0.4, -0.2) is 36.9 Å². The maximum atomic E-state index is 13.6. The van der Waals surface area contributed by atoms with E-state index in [1.807, 2.05) is 0 Å². The molecule has 1 aliphatic heterocycles. The Kier molecular flexibility index (Phi) is 4.81. The first-order chi connectivity index (χ1) is 10.2. The van der Waals surface area contributed by atoms with Gasteiger partial charge in [0.1, 0.15) is 11.6 Å². The Balaban J connectivity index is 2.24. The molecule has 2 unspecified atom stereocenters. The Hall–Kier alpha value is -1.54. The van der Waals surface area contributed by atoms with Crippen molar-refractivity contribution >= 4 is 16.0 Å². The lowest BCUT2D eigenvalue weighted by molar-refractivity contribution is -0.143. The molecule has 0 bridgehead atoms. The summed E-state index contributed by atoms with van der Waals surface area (Å²) in [5.74, 6) is -4.67. The molecular formula is C14H17F2NO4S. The zero-order valence-electron chi connectivity index (χ0n) is 12.0. The van der Waals surface area contributed by atoms with Crippen LogP contribution in [0.25, 0.3) is 0 Å². The number of benzene rings is 1. The number of hydrogen-bond donors (Lipinski definition) is 1. The van der Waals surface area contributed by atoms with Gasteiger partial charge in [-0.3, -0.25) is 4.79 Å². The first-order valence-corrected chi connectivity index (χ1v) is 8.45. The van der Waals surface area contributed by atoms with E-state index in [-0.39, 0.29) is 19.0 Å². The smallest absolute Gasteiger partial charge is 0.307 e. The van der Waals surface area contributed by atoms with Crippen LogP contribution in [0.15, 0.2) is 18.2 Å². The third-order valence-electron chi connectivity index (χ3n) is 3.76. The quantitative estimate of drug-likeness (QED) is 0.912. The molecular weight excluding hydrogens is 316 g/mol. The van der Waals surface area contributed by atoms with Crippen LogP contribution in [0.5, 0.6) is 0 Å². The molecule has 1 saturated heterocycles. The van der Waals surface area contributed by atoms with Crippen molar-refractivity contribution in [3.8, 4) is 0 Å². The molecule has 0 aromatic heterocycles. The molecule has 1 aliphatic rings. The Morgan fingerprint density at radius 1 is 1.32 bits per heavy atom. The Labute approximate surface area is 127 Å². The average molecular weight is 333 g/mol. The van der Waals surface area contributed by atoms with Crippen molar-refractivity contribution in [2.24, 2.45) is 11.8 Å². The number of carbonyl (C=O) groups is 1. The minimum absolute atomic E-state index is 0.130. The third-order valence-corrected chi connectivity index (χ3v) is 5.50. The summed E-state index contributed by atoms with van der Waals surface area (Å²) in [6.07, 6.45) is 0.384. The molecule has 5 nitrogen and oxygen atoms in total. The summed E-state index contributed by atoms with van der Waals surface area (Å²) in [4.78, 5) is 11.1. The molecule has 1 fully saturated rings. The second-order valence-electron chi connectivity index (χ2n) is 5.65. The Bertz CT molecular complexity index is 657. The molecule has 22 heavy (non-hydrogen) atoms. The fourth-order valence-corrected chi connectivity index (χ4v) is 4.36. The summed E-state index contributed by atoms with van der Waals surface area (Å²) in [5, 5.41) is 9.08. The first kappa shape index (κ1) is 16.8. The lowest BCUT2D eigenvalue weighted by Crippen LogP contribution is -2.46. The number of nitrogens with zero attached hydrogens (tertiary/aromatic N) is 1. The van der Waals surface area contributed by atoms with E-state index in [2.05, 4.69) is 0 Å². The van der Waals surface area contributed by atoms with Crippen molar-refractivity contribution in [1.82, 2.24) is 4.31 Å². The minimum atomic E-state index is -3.99. The number of sulfonamides is 1. The molecule has 0 radical (unpaired) electrons. The van der Waals surface area contributed by atoms with E-state index in [0.29, 0.717) is 6.42 Å². The van der Waals surface area contributed by atoms with Gasteiger partial charge in [0.25, 0.3) is 0 Å². The fraction of sp³-hybridized carbons (Fsp3) is 0.500. The molecule has 1 N–H and O–H groups in total. The summed E-state index contributed by atoms with van der Waals surface area (Å²) < 4.78 is 53.0. The number of piperidine rings is 1. The van der Waals surface area contributed by atoms with Crippen molar-refractivity contribution in [3.05, 3.63) is 35.4 Å². The van der Waals surface area contributed by atoms with Gasteiger partial charge in [-0.15, -0.1) is 0 Å². The van der Waals surface area contributed by atoms with Crippen LogP contribution in [0, 0.1) is 23.5 Å². The molecule has 1 heterocycles. The predicted octanol–water partition coefficient (Wildman–Crippen LogP) is 1.84. The highest BCUT2D eigenvalue weighted by molar-refractivity contribution is 7.88. The second kappa shape index (κ2) is 6.29. The van der Waals surface area contributed by atoms with E-state index >= 15 is 0 Å². The van der Waals surface area contributed by atoms with Crippen molar-refractivity contribution < 1.29 is 27.1 Å². The van der Waals surface area contributed by atoms with Crippen LogP contribution >= 0.6 is 0 Å². The lowest BCUT2D eigenvalue weighted by atomic mass is 9.92. The zero-order chi connectivity index (χ0) is 16.5. The molecule has 1 aromatic rings. The van der Waals surface area contributed by atoms with Crippen LogP contribution in [-0.2, 0) is 20.6 Å². The van der Waals surface area contributed by atoms with Crippen LogP contribution in [0.2, 0.25) is 0 Å². The minimum Gasteiger partial charge on any atom is -0.481 e. The molecule has 2 atom stereocenters. The van der Waals surface area contributed by atoms with Crippen LogP contribution in [0.4, 0.5) is 8.78 Å². The molecule has 1 aromatic carbocycles. The number of carboxylic acids is 1. The zero-order valence-corrected chi connectivity index (χ0v) is 12.8. The summed E-state index contributed by atoms with van der Waals surface area (Å²) >= 11 is 0. The van der Waals surface area contributed by atoms with Gasteiger partial charge in [-0.25, -0.2) is 21.5 Å². The SMILES string of the molecule is CC1CC(C(=O)O)CN(S(=O)(=O)Cc2c(F)cccc2F)C1. The lowest BCUT2D eigenvalue weighted by Gasteiger charge is -2.33. The van der Waals surface area contributed by atoms with Gasteiger partial charge in [-0.1, -0.05) is 13.0 Å². The van der Waals surface area contributed by atoms with E-state index in [1.54, 1.807) is 6.92 Å². The maximum absolute atomic E-state index is 13.6. The van der Waals surface area contributed by atoms with Gasteiger partial charge >= 0.3 is 5.97 Å². The van der Waals surface area contributed by atoms with Gasteiger partial charge in [-0.05, 0) is 24.5 Å². The van der Waals surface area contributed by atoms with Gasteiger partial charge in [0.2, 0.25) is 10.0 Å². The van der Waals surface area contributed by atoms with E-state index in [0.717, 1.165) is 22.5 Å². The van der Waals surface area contributed by atoms with Crippen LogP contribution < -0.4 is 0 Å². The maximum Gasteiger partial charge on any atom is 0.307 e. The normalized spacial score (nSPS) is 23.4. The molecule has 0 aliphatic carbocycles. The standard InChI is InChI=1S/C14H17F2NO4S/c1-9-5-10(14(18)19)7-17(6-9)22(20,21)8-11-12(15)3-2-4-13(11)16/h2-4,9-10H,5-8H2,1H3,(H,18,19). The molecule has 0 saturated carbocycles. The van der Waals surface area contributed by atoms with Gasteiger partial charge < -0.3 is 5.11 Å². The monoisotopic (exact) mass is 333 g/mol. The van der Waals surface area contributed by atoms with E-state index in [9.17, 15) is 22.0 Å². The summed E-state index contributed by atoms with van der Waals surface area (Å²) in [7, 11) is -3.99. The Morgan fingerprint density at radius 2 is 1.91 bits per heavy atom. The van der Waals surface area contributed by atoms with Crippen molar-refractivity contribution in [2.75, 3.05) is 13.1 Å². The molecule has 2 rings (SSSR count). The highest BCUT2D eigenvalue weighted by Crippen LogP contribution is 2.26. The summed E-state index contributed by atoms with van der Waals surface area (Å²) in [5.41, 5.74) is -0.521. The highest BCUT2D eigenvalue weighted by Gasteiger charge is 2.36. The van der Waals surface area contributed by atoms with Crippen LogP contribution in [0.3, 0.4) is 0 Å². The highest BCUT2D eigenvalue weighted by atomic mass is 32.2. The van der Waals surface area contributed by atoms with E-state index < -0.39 is 44.9 Å². The largest absolute Gasteiger partial charge is 0.481 e. The number of aliphatic carboxylic acids is 1. The first-order valence-electron chi connectivity index (χ1n) is 6.84. The predicted molar refractivity (Wildman–Crippen MR) is 75.5 cm³/mol. The fourth-order valence-electron chi connectivity index (χ4n) is 2.65. The molecule has 0 spiro atoms. The van der Waals surface area contributed by atoms with Crippen molar-refractivity contribution in [3.63, 3.8) is 0 Å². The number of rotatable bonds is 4.